The van der Waals surface area contributed by atoms with E-state index < -0.39 is 10.0 Å². The van der Waals surface area contributed by atoms with Crippen LogP contribution in [0.1, 0.15) is 38.7 Å². The van der Waals surface area contributed by atoms with Gasteiger partial charge in [-0.25, -0.2) is 12.7 Å². The van der Waals surface area contributed by atoms with Gasteiger partial charge in [-0.1, -0.05) is 12.1 Å². The standard InChI is InChI=1S/C17H25NO4S/c1-17(2)13-14-7-5-8-15(16(14)22-17)21-11-6-12-23(19,20)18-9-3-4-10-18/h5,7-8H,3-4,6,9-13H2,1-2H3. The highest BCUT2D eigenvalue weighted by Crippen LogP contribution is 2.41. The number of benzene rings is 1. The van der Waals surface area contributed by atoms with Crippen molar-refractivity contribution in [2.45, 2.75) is 45.1 Å². The number of sulfonamides is 1. The van der Waals surface area contributed by atoms with Crippen LogP contribution in [-0.2, 0) is 16.4 Å². The Bertz CT molecular complexity index is 663. The molecule has 0 radical (unpaired) electrons. The molecule has 0 aliphatic carbocycles. The molecule has 1 fully saturated rings. The summed E-state index contributed by atoms with van der Waals surface area (Å²) in [7, 11) is -3.12. The lowest BCUT2D eigenvalue weighted by Gasteiger charge is -2.18. The van der Waals surface area contributed by atoms with Gasteiger partial charge in [0.25, 0.3) is 0 Å². The Labute approximate surface area is 138 Å². The topological polar surface area (TPSA) is 55.8 Å². The molecule has 2 aliphatic heterocycles. The third-order valence-electron chi connectivity index (χ3n) is 4.32. The molecule has 0 spiro atoms. The van der Waals surface area contributed by atoms with Crippen LogP contribution in [0.5, 0.6) is 11.5 Å². The van der Waals surface area contributed by atoms with Gasteiger partial charge in [0.2, 0.25) is 10.0 Å². The minimum Gasteiger partial charge on any atom is -0.490 e. The molecule has 23 heavy (non-hydrogen) atoms. The van der Waals surface area contributed by atoms with Gasteiger partial charge < -0.3 is 9.47 Å². The van der Waals surface area contributed by atoms with Crippen LogP contribution in [0.3, 0.4) is 0 Å². The van der Waals surface area contributed by atoms with Crippen LogP contribution in [0.4, 0.5) is 0 Å². The van der Waals surface area contributed by atoms with Gasteiger partial charge in [0.05, 0.1) is 12.4 Å². The van der Waals surface area contributed by atoms with E-state index in [-0.39, 0.29) is 11.4 Å². The Morgan fingerprint density at radius 2 is 2.00 bits per heavy atom. The van der Waals surface area contributed by atoms with Crippen molar-refractivity contribution in [2.24, 2.45) is 0 Å². The van der Waals surface area contributed by atoms with Gasteiger partial charge in [-0.15, -0.1) is 0 Å². The second-order valence-electron chi connectivity index (χ2n) is 6.91. The van der Waals surface area contributed by atoms with Gasteiger partial charge in [0, 0.05) is 25.1 Å². The van der Waals surface area contributed by atoms with Crippen LogP contribution in [0.25, 0.3) is 0 Å². The van der Waals surface area contributed by atoms with Crippen molar-refractivity contribution >= 4 is 10.0 Å². The van der Waals surface area contributed by atoms with Crippen molar-refractivity contribution in [3.05, 3.63) is 23.8 Å². The number of ether oxygens (including phenoxy) is 2. The van der Waals surface area contributed by atoms with E-state index in [2.05, 4.69) is 19.9 Å². The molecule has 2 heterocycles. The molecule has 2 aliphatic rings. The highest BCUT2D eigenvalue weighted by molar-refractivity contribution is 7.89. The molecule has 0 unspecified atom stereocenters. The van der Waals surface area contributed by atoms with Gasteiger partial charge in [-0.3, -0.25) is 0 Å². The quantitative estimate of drug-likeness (QED) is 0.748. The predicted molar refractivity (Wildman–Crippen MR) is 89.6 cm³/mol. The first kappa shape index (κ1) is 16.6. The molecule has 1 aromatic rings. The van der Waals surface area contributed by atoms with Gasteiger partial charge in [-0.05, 0) is 39.2 Å². The highest BCUT2D eigenvalue weighted by Gasteiger charge is 2.32. The van der Waals surface area contributed by atoms with Gasteiger partial charge in [-0.2, -0.15) is 0 Å². The number of hydrogen-bond donors (Lipinski definition) is 0. The van der Waals surface area contributed by atoms with Crippen molar-refractivity contribution < 1.29 is 17.9 Å². The molecule has 0 aromatic heterocycles. The van der Waals surface area contributed by atoms with E-state index in [4.69, 9.17) is 9.47 Å². The second-order valence-corrected chi connectivity index (χ2v) is 9.00. The lowest BCUT2D eigenvalue weighted by atomic mass is 10.0. The number of rotatable bonds is 6. The normalized spacial score (nSPS) is 20.3. The van der Waals surface area contributed by atoms with Crippen LogP contribution in [0.2, 0.25) is 0 Å². The molecule has 5 nitrogen and oxygen atoms in total. The first-order valence-electron chi connectivity index (χ1n) is 8.29. The zero-order valence-corrected chi connectivity index (χ0v) is 14.7. The van der Waals surface area contributed by atoms with Crippen molar-refractivity contribution in [2.75, 3.05) is 25.4 Å². The molecule has 128 valence electrons. The van der Waals surface area contributed by atoms with E-state index in [1.54, 1.807) is 4.31 Å². The molecule has 6 heteroatoms. The van der Waals surface area contributed by atoms with E-state index in [1.165, 1.54) is 0 Å². The summed E-state index contributed by atoms with van der Waals surface area (Å²) in [5.41, 5.74) is 0.943. The van der Waals surface area contributed by atoms with E-state index in [0.29, 0.717) is 31.9 Å². The summed E-state index contributed by atoms with van der Waals surface area (Å²) in [6, 6.07) is 5.89. The molecular formula is C17H25NO4S. The van der Waals surface area contributed by atoms with Crippen LogP contribution in [-0.4, -0.2) is 43.8 Å². The number of hydrogen-bond acceptors (Lipinski definition) is 4. The maximum Gasteiger partial charge on any atom is 0.214 e. The molecule has 0 N–H and O–H groups in total. The lowest BCUT2D eigenvalue weighted by molar-refractivity contribution is 0.132. The lowest BCUT2D eigenvalue weighted by Crippen LogP contribution is -2.30. The minimum atomic E-state index is -3.12. The second kappa shape index (κ2) is 6.32. The summed E-state index contributed by atoms with van der Waals surface area (Å²) in [5.74, 6) is 1.67. The number of nitrogens with zero attached hydrogens (tertiary/aromatic N) is 1. The molecule has 0 amide bonds. The average molecular weight is 339 g/mol. The monoisotopic (exact) mass is 339 g/mol. The summed E-state index contributed by atoms with van der Waals surface area (Å²) >= 11 is 0. The Morgan fingerprint density at radius 1 is 1.26 bits per heavy atom. The van der Waals surface area contributed by atoms with Gasteiger partial charge in [0.15, 0.2) is 11.5 Å². The van der Waals surface area contributed by atoms with Crippen LogP contribution in [0, 0.1) is 0 Å². The van der Waals surface area contributed by atoms with E-state index in [1.807, 2.05) is 12.1 Å². The van der Waals surface area contributed by atoms with Crippen molar-refractivity contribution in [1.29, 1.82) is 0 Å². The minimum absolute atomic E-state index is 0.147. The SMILES string of the molecule is CC1(C)Cc2cccc(OCCCS(=O)(=O)N3CCCC3)c2O1. The third-order valence-corrected chi connectivity index (χ3v) is 6.27. The summed E-state index contributed by atoms with van der Waals surface area (Å²) in [4.78, 5) is 0. The summed E-state index contributed by atoms with van der Waals surface area (Å²) < 4.78 is 37.7. The largest absolute Gasteiger partial charge is 0.490 e. The first-order valence-corrected chi connectivity index (χ1v) is 9.90. The maximum absolute atomic E-state index is 12.2. The molecule has 1 saturated heterocycles. The molecule has 1 aromatic carbocycles. The zero-order valence-electron chi connectivity index (χ0n) is 13.9. The van der Waals surface area contributed by atoms with Crippen LogP contribution < -0.4 is 9.47 Å². The van der Waals surface area contributed by atoms with Crippen molar-refractivity contribution in [3.63, 3.8) is 0 Å². The average Bonchev–Trinajstić information content (AvgIpc) is 3.10. The molecular weight excluding hydrogens is 314 g/mol. The van der Waals surface area contributed by atoms with E-state index in [9.17, 15) is 8.42 Å². The van der Waals surface area contributed by atoms with Gasteiger partial charge >= 0.3 is 0 Å². The highest BCUT2D eigenvalue weighted by atomic mass is 32.2. The zero-order chi connectivity index (χ0) is 16.5. The van der Waals surface area contributed by atoms with E-state index >= 15 is 0 Å². The Balaban J connectivity index is 1.53. The summed E-state index contributed by atoms with van der Waals surface area (Å²) in [6.07, 6.45) is 3.30. The molecule has 0 bridgehead atoms. The van der Waals surface area contributed by atoms with Crippen LogP contribution >= 0.6 is 0 Å². The smallest absolute Gasteiger partial charge is 0.214 e. The Morgan fingerprint density at radius 3 is 2.74 bits per heavy atom. The number of fused-ring (bicyclic) bond motifs is 1. The predicted octanol–water partition coefficient (Wildman–Crippen LogP) is 2.59. The summed E-state index contributed by atoms with van der Waals surface area (Å²) in [5, 5.41) is 0. The maximum atomic E-state index is 12.2. The molecule has 0 saturated carbocycles. The fourth-order valence-corrected chi connectivity index (χ4v) is 4.78. The number of para-hydroxylation sites is 1. The van der Waals surface area contributed by atoms with Crippen molar-refractivity contribution in [1.82, 2.24) is 4.31 Å². The first-order chi connectivity index (χ1) is 10.9. The Hall–Kier alpha value is -1.27. The van der Waals surface area contributed by atoms with Crippen LogP contribution in [0.15, 0.2) is 18.2 Å². The molecule has 3 rings (SSSR count). The Kier molecular flexibility index (Phi) is 4.56. The van der Waals surface area contributed by atoms with Crippen molar-refractivity contribution in [3.8, 4) is 11.5 Å². The van der Waals surface area contributed by atoms with Gasteiger partial charge in [0.1, 0.15) is 5.60 Å². The summed E-state index contributed by atoms with van der Waals surface area (Å²) in [6.45, 7) is 5.82. The third kappa shape index (κ3) is 3.80. The molecule has 0 atom stereocenters. The fraction of sp³-hybridized carbons (Fsp3) is 0.647. The fourth-order valence-electron chi connectivity index (χ4n) is 3.22. The van der Waals surface area contributed by atoms with E-state index in [0.717, 1.165) is 30.6 Å².